The Kier molecular flexibility index (Phi) is 17.8. The summed E-state index contributed by atoms with van der Waals surface area (Å²) in [6.45, 7) is 10.8. The molecule has 0 radical (unpaired) electrons. The molecule has 0 saturated carbocycles. The van der Waals surface area contributed by atoms with Gasteiger partial charge < -0.3 is 46.1 Å². The van der Waals surface area contributed by atoms with E-state index in [0.29, 0.717) is 67.3 Å². The number of pyridine rings is 1. The zero-order chi connectivity index (χ0) is 53.3. The van der Waals surface area contributed by atoms with E-state index in [1.54, 1.807) is 53.2 Å². The van der Waals surface area contributed by atoms with E-state index in [9.17, 15) is 47.0 Å². The molecule has 0 bridgehead atoms. The number of thiazole rings is 1. The normalized spacial score (nSPS) is 16.7. The number of likely N-dealkylation sites (N-methyl/N-ethyl adjacent to an activating group) is 1. The number of unbranched alkanes of at least 4 members (excludes halogenated alkanes) is 3. The molecule has 5 aromatic rings. The number of alkyl halides is 3. The van der Waals surface area contributed by atoms with Crippen molar-refractivity contribution in [3.63, 3.8) is 0 Å². The van der Waals surface area contributed by atoms with Gasteiger partial charge in [0.25, 0.3) is 11.8 Å². The molecule has 2 aliphatic rings. The SMILES string of the molecule is Cc1ncsc1-c1ccc(CNC(=O)[C@@H]2C[C@H](O)CN2C(=O)[C@@H](NC(=O)CCCCCCNC(=O)c2ccc(-c3ccc(N4CCN(C)CC4)c(NC(=O)c4c[nH]c(=O)cc4C(F)(F)F)c3)cc2)C(C)(C)C)cc1. The number of aryl methyl sites for hydroxylation is 1. The van der Waals surface area contributed by atoms with Crippen molar-refractivity contribution in [2.75, 3.05) is 56.5 Å². The average molecular weight is 1040 g/mol. The minimum Gasteiger partial charge on any atom is -0.391 e. The molecule has 20 heteroatoms. The number of hydrogen-bond donors (Lipinski definition) is 6. The predicted molar refractivity (Wildman–Crippen MR) is 279 cm³/mol. The van der Waals surface area contributed by atoms with E-state index in [1.807, 2.05) is 70.0 Å². The maximum Gasteiger partial charge on any atom is 0.417 e. The third-order valence-corrected chi connectivity index (χ3v) is 14.3. The number of β-amino-alcohol motifs (C(OH)–C–C–N with tert-alkyl or cyclic N) is 1. The Hall–Kier alpha value is -6.90. The third kappa shape index (κ3) is 14.0. The van der Waals surface area contributed by atoms with Crippen molar-refractivity contribution in [1.82, 2.24) is 35.7 Å². The number of aromatic nitrogens is 2. The first-order valence-corrected chi connectivity index (χ1v) is 25.7. The number of likely N-dealkylation sites (tertiary alicyclic amines) is 1. The molecule has 16 nitrogen and oxygen atoms in total. The molecular weight excluding hydrogens is 976 g/mol. The van der Waals surface area contributed by atoms with Crippen LogP contribution in [-0.2, 0) is 27.1 Å². The molecule has 2 aromatic heterocycles. The average Bonchev–Trinajstić information content (AvgIpc) is 3.99. The molecule has 6 N–H and O–H groups in total. The number of anilines is 2. The Morgan fingerprint density at radius 1 is 0.851 bits per heavy atom. The zero-order valence-electron chi connectivity index (χ0n) is 42.2. The molecular formula is C54H64F3N9O7S. The number of carbonyl (C=O) groups is 5. The summed E-state index contributed by atoms with van der Waals surface area (Å²) in [7, 11) is 1.99. The van der Waals surface area contributed by atoms with Crippen molar-refractivity contribution >= 4 is 52.2 Å². The predicted octanol–water partition coefficient (Wildman–Crippen LogP) is 6.99. The monoisotopic (exact) mass is 1040 g/mol. The van der Waals surface area contributed by atoms with Crippen molar-refractivity contribution in [3.05, 3.63) is 123 Å². The number of carbonyl (C=O) groups excluding carboxylic acids is 5. The van der Waals surface area contributed by atoms with Crippen LogP contribution < -0.4 is 31.7 Å². The number of aromatic amines is 1. The third-order valence-electron chi connectivity index (χ3n) is 13.4. The van der Waals surface area contributed by atoms with Gasteiger partial charge in [-0.15, -0.1) is 11.3 Å². The van der Waals surface area contributed by atoms with Gasteiger partial charge in [-0.3, -0.25) is 28.8 Å². The van der Waals surface area contributed by atoms with Gasteiger partial charge in [-0.2, -0.15) is 13.2 Å². The molecule has 3 aromatic carbocycles. The van der Waals surface area contributed by atoms with Crippen molar-refractivity contribution in [2.24, 2.45) is 5.41 Å². The highest BCUT2D eigenvalue weighted by atomic mass is 32.1. The molecule has 5 amide bonds. The lowest BCUT2D eigenvalue weighted by molar-refractivity contribution is -0.144. The van der Waals surface area contributed by atoms with Crippen LogP contribution >= 0.6 is 11.3 Å². The van der Waals surface area contributed by atoms with Crippen molar-refractivity contribution in [1.29, 1.82) is 0 Å². The van der Waals surface area contributed by atoms with E-state index >= 15 is 0 Å². The number of hydrogen-bond acceptors (Lipinski definition) is 11. The number of aliphatic hydroxyl groups excluding tert-OH is 1. The van der Waals surface area contributed by atoms with Gasteiger partial charge in [0, 0.05) is 76.5 Å². The van der Waals surface area contributed by atoms with E-state index in [2.05, 4.69) is 36.1 Å². The van der Waals surface area contributed by atoms with Crippen LogP contribution in [0.2, 0.25) is 0 Å². The highest BCUT2D eigenvalue weighted by molar-refractivity contribution is 7.13. The molecule has 2 fully saturated rings. The number of nitrogens with one attached hydrogen (secondary N) is 5. The Morgan fingerprint density at radius 2 is 1.53 bits per heavy atom. The maximum atomic E-state index is 14.1. The fourth-order valence-electron chi connectivity index (χ4n) is 9.12. The first-order valence-electron chi connectivity index (χ1n) is 24.8. The number of aliphatic hydroxyl groups is 1. The quantitative estimate of drug-likeness (QED) is 0.0496. The number of halogens is 3. The molecule has 4 heterocycles. The Bertz CT molecular complexity index is 2860. The highest BCUT2D eigenvalue weighted by Crippen LogP contribution is 2.36. The molecule has 394 valence electrons. The summed E-state index contributed by atoms with van der Waals surface area (Å²) in [6.07, 6.45) is -2.16. The number of piperazine rings is 1. The second-order valence-corrected chi connectivity index (χ2v) is 20.9. The summed E-state index contributed by atoms with van der Waals surface area (Å²) >= 11 is 1.56. The van der Waals surface area contributed by atoms with Crippen molar-refractivity contribution in [2.45, 2.75) is 97.1 Å². The second-order valence-electron chi connectivity index (χ2n) is 20.0. The van der Waals surface area contributed by atoms with Gasteiger partial charge >= 0.3 is 6.18 Å². The number of rotatable bonds is 18. The van der Waals surface area contributed by atoms with E-state index in [4.69, 9.17) is 0 Å². The molecule has 3 atom stereocenters. The van der Waals surface area contributed by atoms with Gasteiger partial charge in [0.15, 0.2) is 0 Å². The Balaban J connectivity index is 0.865. The van der Waals surface area contributed by atoms with Crippen LogP contribution in [0.15, 0.2) is 89.3 Å². The first-order chi connectivity index (χ1) is 35.2. The van der Waals surface area contributed by atoms with Gasteiger partial charge in [0.2, 0.25) is 23.3 Å². The fraction of sp³-hybridized carbons (Fsp3) is 0.426. The van der Waals surface area contributed by atoms with E-state index in [0.717, 1.165) is 47.4 Å². The zero-order valence-corrected chi connectivity index (χ0v) is 43.1. The van der Waals surface area contributed by atoms with E-state index in [-0.39, 0.29) is 49.3 Å². The lowest BCUT2D eigenvalue weighted by Crippen LogP contribution is -2.57. The van der Waals surface area contributed by atoms with Gasteiger partial charge in [-0.1, -0.05) is 76.1 Å². The summed E-state index contributed by atoms with van der Waals surface area (Å²) in [6, 6.07) is 18.5. The summed E-state index contributed by atoms with van der Waals surface area (Å²) in [5.74, 6) is -2.43. The van der Waals surface area contributed by atoms with Crippen LogP contribution in [0.4, 0.5) is 24.5 Å². The Labute approximate surface area is 432 Å². The molecule has 74 heavy (non-hydrogen) atoms. The van der Waals surface area contributed by atoms with Gasteiger partial charge in [0.05, 0.1) is 44.7 Å². The Morgan fingerprint density at radius 3 is 2.19 bits per heavy atom. The van der Waals surface area contributed by atoms with Gasteiger partial charge in [0.1, 0.15) is 12.1 Å². The number of benzene rings is 3. The summed E-state index contributed by atoms with van der Waals surface area (Å²) in [4.78, 5) is 92.2. The smallest absolute Gasteiger partial charge is 0.391 e. The number of amides is 5. The molecule has 0 unspecified atom stereocenters. The molecule has 2 saturated heterocycles. The highest BCUT2D eigenvalue weighted by Gasteiger charge is 2.44. The molecule has 0 aliphatic carbocycles. The standard InChI is InChI=1S/C54H64F3N9O7S/c1-33-47(74-32-61-33)36-13-11-34(12-14-36)29-60-51(72)44-27-39(67)31-66(44)52(73)48(53(2,3)4)63-45(68)10-8-6-7-9-21-58-49(70)37-17-15-35(16-18-37)38-19-20-43(65-24-22-64(5)23-25-65)42(26-38)62-50(71)40-30-59-46(69)28-41(40)54(55,56)57/h11-20,26,28,30,32,39,44,48,67H,6-10,21-25,27,29,31H2,1-5H3,(H,58,70)(H,59,69)(H,60,72)(H,62,71)(H,63,68)/t39-,44-,48+/m0/s1. The number of nitrogens with zero attached hydrogens (tertiary/aromatic N) is 4. The molecule has 2 aliphatic heterocycles. The van der Waals surface area contributed by atoms with Crippen LogP contribution in [0.1, 0.15) is 96.8 Å². The fourth-order valence-corrected chi connectivity index (χ4v) is 9.93. The number of H-pyrrole nitrogens is 1. The summed E-state index contributed by atoms with van der Waals surface area (Å²) < 4.78 is 41.6. The summed E-state index contributed by atoms with van der Waals surface area (Å²) in [5, 5.41) is 22.0. The van der Waals surface area contributed by atoms with Crippen molar-refractivity contribution in [3.8, 4) is 21.6 Å². The van der Waals surface area contributed by atoms with E-state index in [1.165, 1.54) is 4.90 Å². The molecule has 7 rings (SSSR count). The minimum absolute atomic E-state index is 0.0245. The largest absolute Gasteiger partial charge is 0.417 e. The topological polar surface area (TPSA) is 209 Å². The van der Waals surface area contributed by atoms with Crippen LogP contribution in [0.3, 0.4) is 0 Å². The molecule has 0 spiro atoms. The lowest BCUT2D eigenvalue weighted by atomic mass is 9.85. The van der Waals surface area contributed by atoms with Crippen LogP contribution in [-0.4, -0.2) is 119 Å². The van der Waals surface area contributed by atoms with E-state index < -0.39 is 58.3 Å². The van der Waals surface area contributed by atoms with Crippen LogP contribution in [0.25, 0.3) is 21.6 Å². The lowest BCUT2D eigenvalue weighted by Gasteiger charge is -2.35. The summed E-state index contributed by atoms with van der Waals surface area (Å²) in [5.41, 5.74) is 3.59. The van der Waals surface area contributed by atoms with Crippen LogP contribution in [0, 0.1) is 12.3 Å². The minimum atomic E-state index is -4.94. The van der Waals surface area contributed by atoms with Crippen molar-refractivity contribution < 1.29 is 42.3 Å². The van der Waals surface area contributed by atoms with Crippen LogP contribution in [0.5, 0.6) is 0 Å². The first kappa shape index (κ1) is 54.9. The van der Waals surface area contributed by atoms with Gasteiger partial charge in [-0.25, -0.2) is 4.98 Å². The maximum absolute atomic E-state index is 14.1. The second kappa shape index (κ2) is 24.0. The van der Waals surface area contributed by atoms with Gasteiger partial charge in [-0.05, 0) is 78.7 Å².